The van der Waals surface area contributed by atoms with Gasteiger partial charge in [0.05, 0.1) is 6.61 Å². The van der Waals surface area contributed by atoms with Gasteiger partial charge in [-0.2, -0.15) is 0 Å². The van der Waals surface area contributed by atoms with Crippen molar-refractivity contribution >= 4 is 29.8 Å². The number of carbonyl (C=O) groups is 5. The number of hydrogen-bond acceptors (Lipinski definition) is 7. The van der Waals surface area contributed by atoms with Gasteiger partial charge < -0.3 is 30.7 Å². The van der Waals surface area contributed by atoms with Crippen LogP contribution in [0.3, 0.4) is 0 Å². The zero-order valence-electron chi connectivity index (χ0n) is 24.1. The molecule has 1 saturated heterocycles. The fourth-order valence-corrected chi connectivity index (χ4v) is 4.16. The molecule has 4 N–H and O–H groups in total. The molecule has 4 atom stereocenters. The Hall–Kier alpha value is -3.89. The van der Waals surface area contributed by atoms with Gasteiger partial charge in [0.25, 0.3) is 0 Å². The number of benzene rings is 1. The summed E-state index contributed by atoms with van der Waals surface area (Å²) in [6.45, 7) is 11.1. The van der Waals surface area contributed by atoms with E-state index in [9.17, 15) is 24.0 Å². The van der Waals surface area contributed by atoms with Crippen molar-refractivity contribution in [3.8, 4) is 0 Å². The summed E-state index contributed by atoms with van der Waals surface area (Å²) < 4.78 is 10.3. The molecule has 0 aromatic heterocycles. The number of rotatable bonds is 12. The van der Waals surface area contributed by atoms with Crippen LogP contribution in [-0.4, -0.2) is 60.6 Å². The van der Waals surface area contributed by atoms with E-state index in [-0.39, 0.29) is 30.8 Å². The Bertz CT molecular complexity index is 1070. The van der Waals surface area contributed by atoms with Crippen LogP contribution in [0.2, 0.25) is 0 Å². The number of nitrogens with one attached hydrogen (secondary N) is 4. The first-order valence-corrected chi connectivity index (χ1v) is 13.6. The standard InChI is InChI=1S/C29H42N4O7/c1-7-39-22(34)14-13-21(17-20-15-16-30-25(20)35)31-27(37)24(19-11-9-8-10-12-19)32-26(36)23(18(2)3)33-28(38)40-29(4,5)6/h8-14,18,20-21,23-24H,7,15-17H2,1-6H3,(H,30,35)(H,31,37)(H,32,36)(H,33,38)/b14-13+/t20-,21+,23-,24+/m0/s1. The molecule has 220 valence electrons. The number of esters is 1. The number of amides is 4. The number of hydrogen-bond donors (Lipinski definition) is 4. The average Bonchev–Trinajstić information content (AvgIpc) is 3.27. The first-order valence-electron chi connectivity index (χ1n) is 13.6. The van der Waals surface area contributed by atoms with Crippen molar-refractivity contribution < 1.29 is 33.4 Å². The number of carbonyl (C=O) groups excluding carboxylic acids is 5. The molecule has 40 heavy (non-hydrogen) atoms. The molecule has 0 aliphatic carbocycles. The summed E-state index contributed by atoms with van der Waals surface area (Å²) in [4.78, 5) is 63.6. The Labute approximate surface area is 235 Å². The van der Waals surface area contributed by atoms with E-state index in [2.05, 4.69) is 21.3 Å². The normalized spacial score (nSPS) is 17.5. The van der Waals surface area contributed by atoms with E-state index in [1.165, 1.54) is 12.2 Å². The van der Waals surface area contributed by atoms with E-state index in [1.54, 1.807) is 71.9 Å². The van der Waals surface area contributed by atoms with Crippen molar-refractivity contribution in [2.24, 2.45) is 11.8 Å². The van der Waals surface area contributed by atoms with E-state index in [1.807, 2.05) is 0 Å². The molecule has 4 amide bonds. The average molecular weight is 559 g/mol. The van der Waals surface area contributed by atoms with Crippen molar-refractivity contribution in [3.05, 3.63) is 48.0 Å². The maximum Gasteiger partial charge on any atom is 0.408 e. The van der Waals surface area contributed by atoms with Crippen LogP contribution < -0.4 is 21.3 Å². The topological polar surface area (TPSA) is 152 Å². The van der Waals surface area contributed by atoms with Crippen LogP contribution >= 0.6 is 0 Å². The largest absolute Gasteiger partial charge is 0.463 e. The summed E-state index contributed by atoms with van der Waals surface area (Å²) in [5.41, 5.74) is -0.239. The molecule has 1 aliphatic heterocycles. The van der Waals surface area contributed by atoms with Crippen LogP contribution in [0, 0.1) is 11.8 Å². The van der Waals surface area contributed by atoms with Crippen molar-refractivity contribution in [3.63, 3.8) is 0 Å². The van der Waals surface area contributed by atoms with Crippen LogP contribution in [0.15, 0.2) is 42.5 Å². The van der Waals surface area contributed by atoms with E-state index < -0.39 is 47.6 Å². The fourth-order valence-electron chi connectivity index (χ4n) is 4.16. The van der Waals surface area contributed by atoms with Crippen molar-refractivity contribution in [1.82, 2.24) is 21.3 Å². The van der Waals surface area contributed by atoms with Crippen LogP contribution in [0.5, 0.6) is 0 Å². The van der Waals surface area contributed by atoms with Crippen LogP contribution in [0.1, 0.15) is 66.0 Å². The Morgan fingerprint density at radius 1 is 1.05 bits per heavy atom. The summed E-state index contributed by atoms with van der Waals surface area (Å²) in [6.07, 6.45) is 2.83. The molecule has 0 radical (unpaired) electrons. The van der Waals surface area contributed by atoms with Crippen molar-refractivity contribution in [1.29, 1.82) is 0 Å². The molecular formula is C29H42N4O7. The Kier molecular flexibility index (Phi) is 12.2. The van der Waals surface area contributed by atoms with Gasteiger partial charge >= 0.3 is 12.1 Å². The third-order valence-corrected chi connectivity index (χ3v) is 6.08. The Morgan fingerprint density at radius 3 is 2.27 bits per heavy atom. The zero-order chi connectivity index (χ0) is 29.9. The highest BCUT2D eigenvalue weighted by Crippen LogP contribution is 2.19. The molecule has 11 nitrogen and oxygen atoms in total. The van der Waals surface area contributed by atoms with E-state index in [4.69, 9.17) is 9.47 Å². The van der Waals surface area contributed by atoms with Gasteiger partial charge in [0.15, 0.2) is 0 Å². The molecule has 1 fully saturated rings. The first-order chi connectivity index (χ1) is 18.8. The minimum absolute atomic E-state index is 0.121. The highest BCUT2D eigenvalue weighted by atomic mass is 16.6. The molecule has 1 aromatic carbocycles. The van der Waals surface area contributed by atoms with E-state index in [0.29, 0.717) is 18.5 Å². The lowest BCUT2D eigenvalue weighted by atomic mass is 9.97. The Morgan fingerprint density at radius 2 is 1.73 bits per heavy atom. The highest BCUT2D eigenvalue weighted by molar-refractivity contribution is 5.92. The predicted molar refractivity (Wildman–Crippen MR) is 149 cm³/mol. The quantitative estimate of drug-likeness (QED) is 0.227. The fraction of sp³-hybridized carbons (Fsp3) is 0.552. The van der Waals surface area contributed by atoms with Gasteiger partial charge in [-0.25, -0.2) is 9.59 Å². The number of alkyl carbamates (subject to hydrolysis) is 1. The molecule has 1 heterocycles. The van der Waals surface area contributed by atoms with Gasteiger partial charge in [0, 0.05) is 24.6 Å². The summed E-state index contributed by atoms with van der Waals surface area (Å²) in [7, 11) is 0. The third kappa shape index (κ3) is 10.7. The molecule has 1 aromatic rings. The van der Waals surface area contributed by atoms with Gasteiger partial charge in [0.1, 0.15) is 17.7 Å². The zero-order valence-corrected chi connectivity index (χ0v) is 24.1. The maximum atomic E-state index is 13.6. The van der Waals surface area contributed by atoms with Crippen molar-refractivity contribution in [2.75, 3.05) is 13.2 Å². The van der Waals surface area contributed by atoms with Gasteiger partial charge in [-0.1, -0.05) is 50.3 Å². The van der Waals surface area contributed by atoms with Gasteiger partial charge in [-0.05, 0) is 52.0 Å². The smallest absolute Gasteiger partial charge is 0.408 e. The molecule has 1 aliphatic rings. The van der Waals surface area contributed by atoms with Gasteiger partial charge in [-0.15, -0.1) is 0 Å². The molecule has 2 rings (SSSR count). The lowest BCUT2D eigenvalue weighted by Crippen LogP contribution is -2.53. The molecule has 0 spiro atoms. The number of ether oxygens (including phenoxy) is 2. The second kappa shape index (κ2) is 15.0. The molecule has 0 unspecified atom stereocenters. The summed E-state index contributed by atoms with van der Waals surface area (Å²) in [6, 6.07) is 5.87. The van der Waals surface area contributed by atoms with Crippen LogP contribution in [-0.2, 0) is 28.7 Å². The summed E-state index contributed by atoms with van der Waals surface area (Å²) >= 11 is 0. The predicted octanol–water partition coefficient (Wildman–Crippen LogP) is 2.52. The monoisotopic (exact) mass is 558 g/mol. The first kappa shape index (κ1) is 32.3. The molecular weight excluding hydrogens is 516 g/mol. The summed E-state index contributed by atoms with van der Waals surface area (Å²) in [5.74, 6) is -2.46. The van der Waals surface area contributed by atoms with Crippen LogP contribution in [0.25, 0.3) is 0 Å². The van der Waals surface area contributed by atoms with E-state index in [0.717, 1.165) is 0 Å². The minimum atomic E-state index is -1.12. The second-order valence-corrected chi connectivity index (χ2v) is 11.0. The lowest BCUT2D eigenvalue weighted by Gasteiger charge is -2.28. The Balaban J connectivity index is 2.28. The molecule has 0 saturated carbocycles. The van der Waals surface area contributed by atoms with Gasteiger partial charge in [0.2, 0.25) is 17.7 Å². The van der Waals surface area contributed by atoms with E-state index >= 15 is 0 Å². The lowest BCUT2D eigenvalue weighted by molar-refractivity contribution is -0.137. The minimum Gasteiger partial charge on any atom is -0.463 e. The SMILES string of the molecule is CCOC(=O)/C=C/[C@H](C[C@@H]1CCNC1=O)NC(=O)[C@H](NC(=O)[C@@H](NC(=O)OC(C)(C)C)C(C)C)c1ccccc1. The van der Waals surface area contributed by atoms with Crippen molar-refractivity contribution in [2.45, 2.75) is 78.1 Å². The van der Waals surface area contributed by atoms with Crippen LogP contribution in [0.4, 0.5) is 4.79 Å². The third-order valence-electron chi connectivity index (χ3n) is 6.08. The summed E-state index contributed by atoms with van der Waals surface area (Å²) in [5, 5.41) is 11.0. The maximum absolute atomic E-state index is 13.6. The highest BCUT2D eigenvalue weighted by Gasteiger charge is 2.33. The molecule has 11 heteroatoms. The molecule has 0 bridgehead atoms. The van der Waals surface area contributed by atoms with Gasteiger partial charge in [-0.3, -0.25) is 14.4 Å². The second-order valence-electron chi connectivity index (χ2n) is 11.0.